The number of benzene rings is 2. The fraction of sp³-hybridized carbons (Fsp3) is 0.559. The number of aryl methyl sites for hydroxylation is 4. The number of nitrogens with zero attached hydrogens (tertiary/aromatic N) is 1. The van der Waals surface area contributed by atoms with Crippen molar-refractivity contribution in [2.45, 2.75) is 105 Å². The van der Waals surface area contributed by atoms with Gasteiger partial charge in [0.2, 0.25) is 5.91 Å². The highest BCUT2D eigenvalue weighted by Crippen LogP contribution is 2.30. The van der Waals surface area contributed by atoms with Crippen LogP contribution < -0.4 is 10.6 Å². The van der Waals surface area contributed by atoms with E-state index in [9.17, 15) is 14.4 Å². The number of para-hydroxylation sites is 1. The van der Waals surface area contributed by atoms with Crippen LogP contribution in [0.3, 0.4) is 0 Å². The summed E-state index contributed by atoms with van der Waals surface area (Å²) in [6.45, 7) is 15.8. The number of alkyl carbamates (subject to hydrolysis) is 1. The Balaban J connectivity index is 2.63. The average molecular weight is 598 g/mol. The third-order valence-corrected chi connectivity index (χ3v) is 7.80. The number of ether oxygens (including phenoxy) is 1. The van der Waals surface area contributed by atoms with Crippen molar-refractivity contribution in [2.75, 3.05) is 23.9 Å². The van der Waals surface area contributed by atoms with Gasteiger partial charge in [0.05, 0.1) is 0 Å². The Morgan fingerprint density at radius 1 is 0.952 bits per heavy atom. The second-order valence-electron chi connectivity index (χ2n) is 12.1. The van der Waals surface area contributed by atoms with Crippen LogP contribution in [0.5, 0.6) is 0 Å². The highest BCUT2D eigenvalue weighted by atomic mass is 32.2. The van der Waals surface area contributed by atoms with E-state index < -0.39 is 23.8 Å². The van der Waals surface area contributed by atoms with E-state index in [1.165, 1.54) is 0 Å². The van der Waals surface area contributed by atoms with Crippen molar-refractivity contribution in [3.05, 3.63) is 64.2 Å². The van der Waals surface area contributed by atoms with E-state index in [2.05, 4.69) is 17.6 Å². The summed E-state index contributed by atoms with van der Waals surface area (Å²) >= 11 is 1.60. The number of carbonyl (C=O) groups is 3. The Kier molecular flexibility index (Phi) is 13.9. The topological polar surface area (TPSA) is 87.7 Å². The van der Waals surface area contributed by atoms with Gasteiger partial charge in [0, 0.05) is 12.2 Å². The standard InChI is InChI=1S/C34H51N3O4S/c1-10-11-12-13-20-37(32(39)28(19-21-42-9)35-33(40)41-34(6,7)8)30(27-22-23(2)17-18-24(27)3)31(38)36-29-25(4)15-14-16-26(29)5/h14-18,22,28,30H,10-13,19-21H2,1-9H3,(H,35,40)(H,36,38). The van der Waals surface area contributed by atoms with E-state index >= 15 is 0 Å². The summed E-state index contributed by atoms with van der Waals surface area (Å²) in [7, 11) is 0. The second-order valence-corrected chi connectivity index (χ2v) is 13.1. The molecule has 2 unspecified atom stereocenters. The van der Waals surface area contributed by atoms with E-state index in [1.54, 1.807) is 37.4 Å². The number of carbonyl (C=O) groups excluding carboxylic acids is 3. The van der Waals surface area contributed by atoms with Crippen molar-refractivity contribution in [3.8, 4) is 0 Å². The molecular formula is C34H51N3O4S. The SMILES string of the molecule is CCCCCCN(C(=O)C(CCSC)NC(=O)OC(C)(C)C)C(C(=O)Nc1c(C)cccc1C)c1cc(C)ccc1C. The summed E-state index contributed by atoms with van der Waals surface area (Å²) in [5, 5.41) is 6.00. The van der Waals surface area contributed by atoms with Crippen molar-refractivity contribution >= 4 is 35.4 Å². The molecular weight excluding hydrogens is 546 g/mol. The molecule has 0 saturated carbocycles. The van der Waals surface area contributed by atoms with E-state index in [-0.39, 0.29) is 11.8 Å². The molecule has 232 valence electrons. The van der Waals surface area contributed by atoms with Crippen LogP contribution in [0.4, 0.5) is 10.5 Å². The van der Waals surface area contributed by atoms with Gasteiger partial charge in [-0.2, -0.15) is 11.8 Å². The van der Waals surface area contributed by atoms with Crippen molar-refractivity contribution in [2.24, 2.45) is 0 Å². The Morgan fingerprint density at radius 2 is 1.62 bits per heavy atom. The molecule has 0 spiro atoms. The van der Waals surface area contributed by atoms with Crippen molar-refractivity contribution in [1.29, 1.82) is 0 Å². The lowest BCUT2D eigenvalue weighted by Gasteiger charge is -2.35. The predicted molar refractivity (Wildman–Crippen MR) is 175 cm³/mol. The van der Waals surface area contributed by atoms with E-state index in [1.807, 2.05) is 70.3 Å². The minimum absolute atomic E-state index is 0.272. The highest BCUT2D eigenvalue weighted by molar-refractivity contribution is 7.98. The lowest BCUT2D eigenvalue weighted by atomic mass is 9.95. The van der Waals surface area contributed by atoms with Gasteiger partial charge in [-0.05, 0) is 95.6 Å². The Morgan fingerprint density at radius 3 is 2.21 bits per heavy atom. The molecule has 2 aromatic carbocycles. The Bertz CT molecular complexity index is 1190. The maximum Gasteiger partial charge on any atom is 0.408 e. The fourth-order valence-corrected chi connectivity index (χ4v) is 5.40. The predicted octanol–water partition coefficient (Wildman–Crippen LogP) is 7.66. The van der Waals surface area contributed by atoms with Gasteiger partial charge in [-0.1, -0.05) is 68.1 Å². The average Bonchev–Trinajstić information content (AvgIpc) is 2.90. The van der Waals surface area contributed by atoms with Crippen LogP contribution in [0, 0.1) is 27.7 Å². The maximum atomic E-state index is 14.5. The van der Waals surface area contributed by atoms with E-state index in [0.29, 0.717) is 18.7 Å². The van der Waals surface area contributed by atoms with Crippen LogP contribution in [0.15, 0.2) is 36.4 Å². The molecule has 0 heterocycles. The first kappa shape index (κ1) is 35.2. The summed E-state index contributed by atoms with van der Waals surface area (Å²) in [4.78, 5) is 43.4. The van der Waals surface area contributed by atoms with E-state index in [4.69, 9.17) is 4.74 Å². The molecule has 42 heavy (non-hydrogen) atoms. The molecule has 0 aliphatic rings. The molecule has 2 aromatic rings. The van der Waals surface area contributed by atoms with Crippen LogP contribution in [-0.4, -0.2) is 53.0 Å². The van der Waals surface area contributed by atoms with Crippen LogP contribution in [0.25, 0.3) is 0 Å². The minimum Gasteiger partial charge on any atom is -0.444 e. The molecule has 2 rings (SSSR count). The van der Waals surface area contributed by atoms with Gasteiger partial charge < -0.3 is 20.3 Å². The summed E-state index contributed by atoms with van der Waals surface area (Å²) in [5.74, 6) is 0.110. The zero-order valence-electron chi connectivity index (χ0n) is 27.1. The van der Waals surface area contributed by atoms with Crippen LogP contribution in [0.2, 0.25) is 0 Å². The summed E-state index contributed by atoms with van der Waals surface area (Å²) in [6.07, 6.45) is 5.52. The number of thioether (sulfide) groups is 1. The molecule has 2 N–H and O–H groups in total. The van der Waals surface area contributed by atoms with Crippen LogP contribution in [0.1, 0.15) is 93.7 Å². The van der Waals surface area contributed by atoms with Gasteiger partial charge in [0.25, 0.3) is 5.91 Å². The highest BCUT2D eigenvalue weighted by Gasteiger charge is 2.37. The smallest absolute Gasteiger partial charge is 0.408 e. The molecule has 7 nitrogen and oxygen atoms in total. The van der Waals surface area contributed by atoms with Gasteiger partial charge in [0.1, 0.15) is 17.7 Å². The number of rotatable bonds is 14. The number of unbranched alkanes of at least 4 members (excludes halogenated alkanes) is 3. The fourth-order valence-electron chi connectivity index (χ4n) is 4.93. The molecule has 0 aromatic heterocycles. The molecule has 8 heteroatoms. The first-order valence-corrected chi connectivity index (χ1v) is 16.4. The van der Waals surface area contributed by atoms with Crippen molar-refractivity contribution < 1.29 is 19.1 Å². The normalized spacial score (nSPS) is 12.8. The van der Waals surface area contributed by atoms with Gasteiger partial charge in [-0.25, -0.2) is 4.79 Å². The molecule has 3 amide bonds. The summed E-state index contributed by atoms with van der Waals surface area (Å²) < 4.78 is 5.52. The number of hydrogen-bond acceptors (Lipinski definition) is 5. The lowest BCUT2D eigenvalue weighted by Crippen LogP contribution is -2.53. The van der Waals surface area contributed by atoms with Crippen LogP contribution in [-0.2, 0) is 14.3 Å². The Labute approximate surface area is 257 Å². The summed E-state index contributed by atoms with van der Waals surface area (Å²) in [5.41, 5.74) is 4.66. The number of hydrogen-bond donors (Lipinski definition) is 2. The number of nitrogens with one attached hydrogen (secondary N) is 2. The van der Waals surface area contributed by atoms with Crippen molar-refractivity contribution in [3.63, 3.8) is 0 Å². The third kappa shape index (κ3) is 10.7. The second kappa shape index (κ2) is 16.6. The maximum absolute atomic E-state index is 14.5. The molecule has 0 aliphatic heterocycles. The number of amides is 3. The lowest BCUT2D eigenvalue weighted by molar-refractivity contribution is -0.141. The summed E-state index contributed by atoms with van der Waals surface area (Å²) in [6, 6.07) is 10.2. The quantitative estimate of drug-likeness (QED) is 0.218. The zero-order chi connectivity index (χ0) is 31.4. The minimum atomic E-state index is -0.879. The molecule has 0 radical (unpaired) electrons. The largest absolute Gasteiger partial charge is 0.444 e. The first-order valence-electron chi connectivity index (χ1n) is 15.0. The monoisotopic (exact) mass is 597 g/mol. The zero-order valence-corrected chi connectivity index (χ0v) is 27.9. The molecule has 0 fully saturated rings. The Hall–Kier alpha value is -3.00. The van der Waals surface area contributed by atoms with Gasteiger partial charge in [-0.3, -0.25) is 9.59 Å². The first-order chi connectivity index (χ1) is 19.8. The van der Waals surface area contributed by atoms with Gasteiger partial charge >= 0.3 is 6.09 Å². The molecule has 2 atom stereocenters. The van der Waals surface area contributed by atoms with Gasteiger partial charge in [0.15, 0.2) is 0 Å². The molecule has 0 bridgehead atoms. The molecule has 0 saturated heterocycles. The molecule has 0 aliphatic carbocycles. The third-order valence-electron chi connectivity index (χ3n) is 7.15. The van der Waals surface area contributed by atoms with Gasteiger partial charge in [-0.15, -0.1) is 0 Å². The van der Waals surface area contributed by atoms with Crippen molar-refractivity contribution in [1.82, 2.24) is 10.2 Å². The number of anilines is 1. The van der Waals surface area contributed by atoms with Crippen LogP contribution >= 0.6 is 11.8 Å². The van der Waals surface area contributed by atoms with E-state index in [0.717, 1.165) is 59.2 Å².